The number of hydrogen-bond donors (Lipinski definition) is 2. The Labute approximate surface area is 171 Å². The second-order valence-corrected chi connectivity index (χ2v) is 9.48. The van der Waals surface area contributed by atoms with E-state index >= 15 is 0 Å². The fraction of sp³-hybridized carbons (Fsp3) is 0.381. The number of nitrogens with zero attached hydrogens (tertiary/aromatic N) is 1. The molecule has 0 radical (unpaired) electrons. The third-order valence-electron chi connectivity index (χ3n) is 5.69. The zero-order valence-corrected chi connectivity index (χ0v) is 17.1. The molecule has 2 N–H and O–H groups in total. The number of benzene rings is 2. The Morgan fingerprint density at radius 3 is 2.34 bits per heavy atom. The van der Waals surface area contributed by atoms with Crippen LogP contribution in [0.1, 0.15) is 18.4 Å². The minimum Gasteiger partial charge on any atom is -0.497 e. The summed E-state index contributed by atoms with van der Waals surface area (Å²) in [5.41, 5.74) is 0.555. The molecule has 0 bridgehead atoms. The van der Waals surface area contributed by atoms with Gasteiger partial charge in [-0.05, 0) is 49.1 Å². The van der Waals surface area contributed by atoms with E-state index in [-0.39, 0.29) is 16.8 Å². The molecule has 8 heteroatoms. The largest absolute Gasteiger partial charge is 0.497 e. The van der Waals surface area contributed by atoms with Crippen LogP contribution in [0.5, 0.6) is 5.75 Å². The number of carbonyl (C=O) groups is 1. The number of hydrogen-bond acceptors (Lipinski definition) is 5. The maximum atomic E-state index is 12.9. The van der Waals surface area contributed by atoms with Gasteiger partial charge in [-0.3, -0.25) is 10.1 Å². The average molecular weight is 416 g/mol. The lowest BCUT2D eigenvalue weighted by atomic mass is 9.99. The molecular formula is C21H25N3O4S. The van der Waals surface area contributed by atoms with Crippen LogP contribution in [-0.2, 0) is 21.2 Å². The predicted molar refractivity (Wildman–Crippen MR) is 109 cm³/mol. The molecule has 0 aromatic heterocycles. The fourth-order valence-corrected chi connectivity index (χ4v) is 5.47. The minimum atomic E-state index is -3.57. The van der Waals surface area contributed by atoms with Gasteiger partial charge in [0.2, 0.25) is 15.9 Å². The van der Waals surface area contributed by atoms with Gasteiger partial charge in [-0.15, -0.1) is 0 Å². The van der Waals surface area contributed by atoms with E-state index in [2.05, 4.69) is 10.6 Å². The van der Waals surface area contributed by atoms with Crippen molar-refractivity contribution in [3.05, 3.63) is 60.2 Å². The van der Waals surface area contributed by atoms with Gasteiger partial charge in [0, 0.05) is 13.1 Å². The minimum absolute atomic E-state index is 0.0275. The first-order valence-corrected chi connectivity index (χ1v) is 11.1. The van der Waals surface area contributed by atoms with Crippen molar-refractivity contribution in [2.24, 2.45) is 0 Å². The highest BCUT2D eigenvalue weighted by atomic mass is 32.2. The van der Waals surface area contributed by atoms with Crippen LogP contribution in [0.15, 0.2) is 59.5 Å². The summed E-state index contributed by atoms with van der Waals surface area (Å²) in [5, 5.41) is 6.51. The number of amides is 1. The molecule has 1 unspecified atom stereocenters. The van der Waals surface area contributed by atoms with Crippen molar-refractivity contribution in [1.82, 2.24) is 14.9 Å². The maximum absolute atomic E-state index is 12.9. The molecule has 2 aliphatic rings. The zero-order chi connectivity index (χ0) is 20.5. The number of ether oxygens (including phenoxy) is 1. The van der Waals surface area contributed by atoms with Crippen molar-refractivity contribution >= 4 is 15.9 Å². The van der Waals surface area contributed by atoms with E-state index in [0.717, 1.165) is 5.56 Å². The summed E-state index contributed by atoms with van der Waals surface area (Å²) >= 11 is 0. The van der Waals surface area contributed by atoms with E-state index in [4.69, 9.17) is 4.74 Å². The van der Waals surface area contributed by atoms with Crippen molar-refractivity contribution in [2.75, 3.05) is 20.2 Å². The van der Waals surface area contributed by atoms with Gasteiger partial charge in [0.05, 0.1) is 23.7 Å². The molecule has 7 nitrogen and oxygen atoms in total. The number of sulfonamides is 1. The average Bonchev–Trinajstić information content (AvgIpc) is 3.03. The summed E-state index contributed by atoms with van der Waals surface area (Å²) in [5.74, 6) is 0.587. The van der Waals surface area contributed by atoms with Crippen molar-refractivity contribution in [2.45, 2.75) is 35.9 Å². The van der Waals surface area contributed by atoms with E-state index in [0.29, 0.717) is 38.1 Å². The van der Waals surface area contributed by atoms with Crippen LogP contribution in [0.4, 0.5) is 0 Å². The van der Waals surface area contributed by atoms with Gasteiger partial charge in [-0.25, -0.2) is 8.42 Å². The lowest BCUT2D eigenvalue weighted by Gasteiger charge is -2.38. The van der Waals surface area contributed by atoms with Crippen molar-refractivity contribution < 1.29 is 17.9 Å². The predicted octanol–water partition coefficient (Wildman–Crippen LogP) is 1.51. The highest BCUT2D eigenvalue weighted by molar-refractivity contribution is 7.89. The van der Waals surface area contributed by atoms with E-state index < -0.39 is 15.7 Å². The number of carbonyl (C=O) groups excluding carboxylic acids is 1. The third-order valence-corrected chi connectivity index (χ3v) is 7.60. The molecule has 1 amide bonds. The smallest absolute Gasteiger partial charge is 0.243 e. The normalized spacial score (nSPS) is 21.8. The number of rotatable bonds is 5. The van der Waals surface area contributed by atoms with E-state index in [1.807, 2.05) is 30.3 Å². The molecule has 2 aromatic carbocycles. The Balaban J connectivity index is 1.41. The monoisotopic (exact) mass is 415 g/mol. The third kappa shape index (κ3) is 4.01. The van der Waals surface area contributed by atoms with E-state index in [9.17, 15) is 13.2 Å². The van der Waals surface area contributed by atoms with Gasteiger partial charge in [-0.2, -0.15) is 4.31 Å². The van der Waals surface area contributed by atoms with Crippen LogP contribution < -0.4 is 15.4 Å². The Kier molecular flexibility index (Phi) is 5.33. The molecule has 154 valence electrons. The molecule has 1 spiro atoms. The van der Waals surface area contributed by atoms with Crippen LogP contribution in [-0.4, -0.2) is 50.5 Å². The first kappa shape index (κ1) is 19.9. The van der Waals surface area contributed by atoms with Crippen molar-refractivity contribution in [3.8, 4) is 5.75 Å². The Hall–Kier alpha value is -2.42. The standard InChI is InChI=1S/C21H25N3O4S/c1-28-17-7-9-18(10-8-17)29(26,27)24-13-11-21(12-14-24)22-19(20(25)23-21)15-16-5-3-2-4-6-16/h2-10,19,22H,11-15H2,1H3,(H,23,25). The quantitative estimate of drug-likeness (QED) is 0.773. The lowest BCUT2D eigenvalue weighted by molar-refractivity contribution is -0.121. The molecular weight excluding hydrogens is 390 g/mol. The number of piperidine rings is 1. The number of methoxy groups -OCH3 is 1. The van der Waals surface area contributed by atoms with Crippen LogP contribution >= 0.6 is 0 Å². The van der Waals surface area contributed by atoms with Crippen LogP contribution in [0.2, 0.25) is 0 Å². The van der Waals surface area contributed by atoms with Crippen LogP contribution in [0.3, 0.4) is 0 Å². The van der Waals surface area contributed by atoms with Crippen LogP contribution in [0.25, 0.3) is 0 Å². The molecule has 0 saturated carbocycles. The zero-order valence-electron chi connectivity index (χ0n) is 16.3. The first-order valence-electron chi connectivity index (χ1n) is 9.70. The molecule has 4 rings (SSSR count). The van der Waals surface area contributed by atoms with Gasteiger partial charge in [0.15, 0.2) is 0 Å². The summed E-state index contributed by atoms with van der Waals surface area (Å²) < 4.78 is 32.5. The molecule has 2 heterocycles. The Morgan fingerprint density at radius 1 is 1.07 bits per heavy atom. The van der Waals surface area contributed by atoms with E-state index in [1.165, 1.54) is 4.31 Å². The SMILES string of the molecule is COc1ccc(S(=O)(=O)N2CCC3(CC2)NC(=O)C(Cc2ccccc2)N3)cc1. The van der Waals surface area contributed by atoms with Gasteiger partial charge in [-0.1, -0.05) is 30.3 Å². The van der Waals surface area contributed by atoms with Crippen molar-refractivity contribution in [1.29, 1.82) is 0 Å². The fourth-order valence-electron chi connectivity index (χ4n) is 4.03. The summed E-state index contributed by atoms with van der Waals surface area (Å²) in [6, 6.07) is 16.0. The molecule has 2 saturated heterocycles. The maximum Gasteiger partial charge on any atom is 0.243 e. The Morgan fingerprint density at radius 2 is 1.72 bits per heavy atom. The molecule has 0 aliphatic carbocycles. The summed E-state index contributed by atoms with van der Waals surface area (Å²) in [6.45, 7) is 0.694. The van der Waals surface area contributed by atoms with Gasteiger partial charge in [0.1, 0.15) is 5.75 Å². The molecule has 2 aliphatic heterocycles. The van der Waals surface area contributed by atoms with Gasteiger partial charge < -0.3 is 10.1 Å². The summed E-state index contributed by atoms with van der Waals surface area (Å²) in [4.78, 5) is 12.7. The molecule has 29 heavy (non-hydrogen) atoms. The molecule has 2 fully saturated rings. The lowest BCUT2D eigenvalue weighted by Crippen LogP contribution is -2.58. The van der Waals surface area contributed by atoms with Gasteiger partial charge >= 0.3 is 0 Å². The topological polar surface area (TPSA) is 87.7 Å². The van der Waals surface area contributed by atoms with E-state index in [1.54, 1.807) is 31.4 Å². The summed E-state index contributed by atoms with van der Waals surface area (Å²) in [6.07, 6.45) is 1.67. The highest BCUT2D eigenvalue weighted by Gasteiger charge is 2.46. The Bertz CT molecular complexity index is 969. The summed E-state index contributed by atoms with van der Waals surface area (Å²) in [7, 11) is -2.03. The number of nitrogens with one attached hydrogen (secondary N) is 2. The highest BCUT2D eigenvalue weighted by Crippen LogP contribution is 2.29. The molecule has 2 aromatic rings. The first-order chi connectivity index (χ1) is 13.9. The second-order valence-electron chi connectivity index (χ2n) is 7.54. The van der Waals surface area contributed by atoms with Gasteiger partial charge in [0.25, 0.3) is 0 Å². The second kappa shape index (κ2) is 7.78. The van der Waals surface area contributed by atoms with Crippen LogP contribution in [0, 0.1) is 0 Å². The van der Waals surface area contributed by atoms with Crippen molar-refractivity contribution in [3.63, 3.8) is 0 Å². The molecule has 1 atom stereocenters.